The van der Waals surface area contributed by atoms with Gasteiger partial charge in [0.1, 0.15) is 6.26 Å². The van der Waals surface area contributed by atoms with Gasteiger partial charge in [0.15, 0.2) is 5.82 Å². The van der Waals surface area contributed by atoms with Gasteiger partial charge in [-0.15, -0.1) is 0 Å². The molecule has 1 aromatic rings. The van der Waals surface area contributed by atoms with E-state index in [0.717, 1.165) is 6.42 Å². The van der Waals surface area contributed by atoms with Crippen LogP contribution in [0.3, 0.4) is 0 Å². The summed E-state index contributed by atoms with van der Waals surface area (Å²) in [5, 5.41) is 8.85. The summed E-state index contributed by atoms with van der Waals surface area (Å²) in [6, 6.07) is 1.39. The van der Waals surface area contributed by atoms with E-state index < -0.39 is 0 Å². The summed E-state index contributed by atoms with van der Waals surface area (Å²) in [7, 11) is 0. The number of aromatic nitrogens is 1. The highest BCUT2D eigenvalue weighted by Gasteiger charge is 2.17. The summed E-state index contributed by atoms with van der Waals surface area (Å²) in [5.74, 6) is 0.404. The zero-order chi connectivity index (χ0) is 9.80. The van der Waals surface area contributed by atoms with Crippen molar-refractivity contribution in [1.29, 1.82) is 0 Å². The average Bonchev–Trinajstić information content (AvgIpc) is 2.76. The molecule has 76 valence electrons. The van der Waals surface area contributed by atoms with E-state index in [2.05, 4.69) is 20.3 Å². The van der Waals surface area contributed by atoms with Gasteiger partial charge in [0.25, 0.3) is 0 Å². The summed E-state index contributed by atoms with van der Waals surface area (Å²) in [5.41, 5.74) is 0. The molecule has 0 saturated carbocycles. The third-order valence-electron chi connectivity index (χ3n) is 1.94. The number of carbonyl (C=O) groups is 1. The van der Waals surface area contributed by atoms with Gasteiger partial charge in [-0.3, -0.25) is 5.32 Å². The lowest BCUT2D eigenvalue weighted by Crippen LogP contribution is -2.38. The van der Waals surface area contributed by atoms with Crippen molar-refractivity contribution in [2.24, 2.45) is 0 Å². The smallest absolute Gasteiger partial charge is 0.320 e. The lowest BCUT2D eigenvalue weighted by molar-refractivity contribution is 0.189. The number of hydrogen-bond donors (Lipinski definition) is 2. The number of hydrogen-bond acceptors (Lipinski definition) is 4. The van der Waals surface area contributed by atoms with E-state index in [1.165, 1.54) is 6.26 Å². The van der Waals surface area contributed by atoms with Crippen LogP contribution in [0, 0.1) is 0 Å². The van der Waals surface area contributed by atoms with Crippen molar-refractivity contribution in [2.75, 3.05) is 18.5 Å². The van der Waals surface area contributed by atoms with Gasteiger partial charge >= 0.3 is 6.03 Å². The van der Waals surface area contributed by atoms with Gasteiger partial charge in [0.2, 0.25) is 0 Å². The third-order valence-corrected chi connectivity index (χ3v) is 1.94. The molecule has 1 atom stereocenters. The second-order valence-electron chi connectivity index (χ2n) is 3.04. The first-order chi connectivity index (χ1) is 6.84. The Morgan fingerprint density at radius 3 is 3.21 bits per heavy atom. The number of nitrogens with one attached hydrogen (secondary N) is 2. The molecular formula is C8H11N3O3. The number of ether oxygens (including phenoxy) is 1. The van der Waals surface area contributed by atoms with Crippen molar-refractivity contribution in [2.45, 2.75) is 12.5 Å². The van der Waals surface area contributed by atoms with Crippen LogP contribution >= 0.6 is 0 Å². The number of rotatable bonds is 2. The van der Waals surface area contributed by atoms with Crippen molar-refractivity contribution < 1.29 is 14.1 Å². The maximum absolute atomic E-state index is 11.3. The Labute approximate surface area is 80.6 Å². The first-order valence-corrected chi connectivity index (χ1v) is 4.40. The van der Waals surface area contributed by atoms with Crippen LogP contribution in [-0.4, -0.2) is 30.4 Å². The number of carbonyl (C=O) groups excluding carboxylic acids is 1. The Morgan fingerprint density at radius 2 is 2.57 bits per heavy atom. The zero-order valence-electron chi connectivity index (χ0n) is 7.53. The Bertz CT molecular complexity index is 293. The molecule has 2 N–H and O–H groups in total. The van der Waals surface area contributed by atoms with Crippen LogP contribution in [0.2, 0.25) is 0 Å². The molecule has 2 amide bonds. The number of nitrogens with zero attached hydrogens (tertiary/aromatic N) is 1. The summed E-state index contributed by atoms with van der Waals surface area (Å²) in [6.07, 6.45) is 2.25. The normalized spacial score (nSPS) is 20.7. The van der Waals surface area contributed by atoms with E-state index in [9.17, 15) is 4.79 Å². The largest absolute Gasteiger partial charge is 0.379 e. The van der Waals surface area contributed by atoms with Gasteiger partial charge < -0.3 is 14.6 Å². The van der Waals surface area contributed by atoms with Crippen LogP contribution in [-0.2, 0) is 4.74 Å². The molecule has 6 heteroatoms. The zero-order valence-corrected chi connectivity index (χ0v) is 7.53. The SMILES string of the molecule is O=C(Nc1ccon1)NC1CCOC1. The molecule has 1 saturated heterocycles. The molecule has 14 heavy (non-hydrogen) atoms. The Balaban J connectivity index is 1.78. The molecule has 1 aromatic heterocycles. The highest BCUT2D eigenvalue weighted by Crippen LogP contribution is 2.04. The van der Waals surface area contributed by atoms with Crippen LogP contribution in [0.25, 0.3) is 0 Å². The molecule has 1 aliphatic rings. The summed E-state index contributed by atoms with van der Waals surface area (Å²) >= 11 is 0. The van der Waals surface area contributed by atoms with Crippen molar-refractivity contribution >= 4 is 11.8 Å². The predicted octanol–water partition coefficient (Wildman–Crippen LogP) is 0.585. The van der Waals surface area contributed by atoms with E-state index in [0.29, 0.717) is 19.0 Å². The molecular weight excluding hydrogens is 186 g/mol. The van der Waals surface area contributed by atoms with E-state index in [4.69, 9.17) is 4.74 Å². The van der Waals surface area contributed by atoms with Gasteiger partial charge in [0, 0.05) is 12.7 Å². The standard InChI is InChI=1S/C8H11N3O3/c12-8(9-6-1-3-13-5-6)10-7-2-4-14-11-7/h2,4,6H,1,3,5H2,(H2,9,10,11,12). The minimum atomic E-state index is -0.283. The quantitative estimate of drug-likeness (QED) is 0.727. The Hall–Kier alpha value is -1.56. The number of amides is 2. The van der Waals surface area contributed by atoms with Gasteiger partial charge in [-0.1, -0.05) is 5.16 Å². The second kappa shape index (κ2) is 4.10. The molecule has 0 radical (unpaired) electrons. The topological polar surface area (TPSA) is 76.4 Å². The fourth-order valence-electron chi connectivity index (χ4n) is 1.26. The average molecular weight is 197 g/mol. The first-order valence-electron chi connectivity index (χ1n) is 4.40. The molecule has 1 aliphatic heterocycles. The van der Waals surface area contributed by atoms with E-state index in [1.807, 2.05) is 0 Å². The molecule has 1 unspecified atom stereocenters. The lowest BCUT2D eigenvalue weighted by atomic mass is 10.3. The van der Waals surface area contributed by atoms with Gasteiger partial charge in [0.05, 0.1) is 12.6 Å². The summed E-state index contributed by atoms with van der Waals surface area (Å²) < 4.78 is 9.68. The second-order valence-corrected chi connectivity index (χ2v) is 3.04. The van der Waals surface area contributed by atoms with Crippen molar-refractivity contribution in [1.82, 2.24) is 10.5 Å². The lowest BCUT2D eigenvalue weighted by Gasteiger charge is -2.09. The first kappa shape index (κ1) is 9.01. The summed E-state index contributed by atoms with van der Waals surface area (Å²) in [6.45, 7) is 1.28. The van der Waals surface area contributed by atoms with Crippen LogP contribution in [0.4, 0.5) is 10.6 Å². The molecule has 0 spiro atoms. The van der Waals surface area contributed by atoms with E-state index in [-0.39, 0.29) is 12.1 Å². The minimum Gasteiger partial charge on any atom is -0.379 e. The highest BCUT2D eigenvalue weighted by molar-refractivity contribution is 5.88. The molecule has 0 bridgehead atoms. The van der Waals surface area contributed by atoms with Gasteiger partial charge in [-0.05, 0) is 6.42 Å². The Kier molecular flexibility index (Phi) is 2.64. The monoisotopic (exact) mass is 197 g/mol. The molecule has 0 aromatic carbocycles. The van der Waals surface area contributed by atoms with Crippen molar-refractivity contribution in [3.8, 4) is 0 Å². The van der Waals surface area contributed by atoms with Crippen LogP contribution in [0.1, 0.15) is 6.42 Å². The number of urea groups is 1. The van der Waals surface area contributed by atoms with Crippen molar-refractivity contribution in [3.63, 3.8) is 0 Å². The van der Waals surface area contributed by atoms with Crippen LogP contribution in [0.15, 0.2) is 16.9 Å². The number of anilines is 1. The van der Waals surface area contributed by atoms with Gasteiger partial charge in [-0.2, -0.15) is 0 Å². The molecule has 1 fully saturated rings. The molecule has 2 heterocycles. The van der Waals surface area contributed by atoms with Crippen molar-refractivity contribution in [3.05, 3.63) is 12.3 Å². The fraction of sp³-hybridized carbons (Fsp3) is 0.500. The highest BCUT2D eigenvalue weighted by atomic mass is 16.5. The maximum atomic E-state index is 11.3. The van der Waals surface area contributed by atoms with Crippen LogP contribution < -0.4 is 10.6 Å². The van der Waals surface area contributed by atoms with E-state index >= 15 is 0 Å². The molecule has 6 nitrogen and oxygen atoms in total. The molecule has 2 rings (SSSR count). The van der Waals surface area contributed by atoms with Gasteiger partial charge in [-0.25, -0.2) is 4.79 Å². The van der Waals surface area contributed by atoms with Crippen LogP contribution in [0.5, 0.6) is 0 Å². The van der Waals surface area contributed by atoms with E-state index in [1.54, 1.807) is 6.07 Å². The predicted molar refractivity (Wildman–Crippen MR) is 47.9 cm³/mol. The minimum absolute atomic E-state index is 0.0990. The Morgan fingerprint density at radius 1 is 1.64 bits per heavy atom. The maximum Gasteiger partial charge on any atom is 0.320 e. The third kappa shape index (κ3) is 2.23. The fourth-order valence-corrected chi connectivity index (χ4v) is 1.26. The molecule has 0 aliphatic carbocycles. The summed E-state index contributed by atoms with van der Waals surface area (Å²) in [4.78, 5) is 11.3.